The van der Waals surface area contributed by atoms with Crippen molar-refractivity contribution < 1.29 is 0 Å². The molecule has 4 heteroatoms. The number of benzene rings is 1. The molecule has 0 spiro atoms. The number of nitriles is 1. The molecule has 0 radical (unpaired) electrons. The van der Waals surface area contributed by atoms with Crippen LogP contribution in [0.4, 0.5) is 0 Å². The summed E-state index contributed by atoms with van der Waals surface area (Å²) in [5.74, 6) is 0. The SMILES string of the molecule is CCN(CC)CCC(C#N)(CCN(CC)CC)c1ccccc1.Cl. The number of hydrogen-bond donors (Lipinski definition) is 0. The maximum absolute atomic E-state index is 10.1. The van der Waals surface area contributed by atoms with Gasteiger partial charge < -0.3 is 9.80 Å². The monoisotopic (exact) mass is 351 g/mol. The van der Waals surface area contributed by atoms with Crippen LogP contribution in [0.15, 0.2) is 30.3 Å². The Morgan fingerprint density at radius 2 is 1.25 bits per heavy atom. The molecule has 0 aliphatic carbocycles. The van der Waals surface area contributed by atoms with Crippen LogP contribution in [0.3, 0.4) is 0 Å². The van der Waals surface area contributed by atoms with Crippen LogP contribution in [-0.2, 0) is 5.41 Å². The molecule has 0 heterocycles. The molecule has 0 saturated heterocycles. The highest BCUT2D eigenvalue weighted by Gasteiger charge is 2.32. The molecule has 24 heavy (non-hydrogen) atoms. The van der Waals surface area contributed by atoms with Crippen LogP contribution in [0.1, 0.15) is 46.1 Å². The normalized spacial score (nSPS) is 11.4. The van der Waals surface area contributed by atoms with Gasteiger partial charge in [0.05, 0.1) is 11.5 Å². The molecule has 0 aliphatic rings. The molecule has 0 amide bonds. The zero-order valence-corrected chi connectivity index (χ0v) is 16.6. The molecule has 3 nitrogen and oxygen atoms in total. The summed E-state index contributed by atoms with van der Waals surface area (Å²) in [5.41, 5.74) is 0.786. The van der Waals surface area contributed by atoms with Crippen LogP contribution in [0.5, 0.6) is 0 Å². The highest BCUT2D eigenvalue weighted by Crippen LogP contribution is 2.32. The van der Waals surface area contributed by atoms with Gasteiger partial charge in [-0.1, -0.05) is 58.0 Å². The van der Waals surface area contributed by atoms with E-state index in [9.17, 15) is 5.26 Å². The smallest absolute Gasteiger partial charge is 0.0846 e. The van der Waals surface area contributed by atoms with E-state index in [1.807, 2.05) is 6.07 Å². The summed E-state index contributed by atoms with van der Waals surface area (Å²) in [6.45, 7) is 14.9. The van der Waals surface area contributed by atoms with Crippen molar-refractivity contribution in [2.24, 2.45) is 0 Å². The van der Waals surface area contributed by atoms with Crippen LogP contribution >= 0.6 is 12.4 Å². The van der Waals surface area contributed by atoms with Gasteiger partial charge in [0.2, 0.25) is 0 Å². The first-order valence-electron chi connectivity index (χ1n) is 9.07. The van der Waals surface area contributed by atoms with Gasteiger partial charge >= 0.3 is 0 Å². The van der Waals surface area contributed by atoms with Gasteiger partial charge in [0, 0.05) is 0 Å². The molecule has 1 aromatic rings. The Hall–Kier alpha value is -1.08. The van der Waals surface area contributed by atoms with Gasteiger partial charge in [0.15, 0.2) is 0 Å². The zero-order chi connectivity index (χ0) is 17.1. The Morgan fingerprint density at radius 3 is 1.58 bits per heavy atom. The maximum Gasteiger partial charge on any atom is 0.0846 e. The summed E-state index contributed by atoms with van der Waals surface area (Å²) < 4.78 is 0. The predicted octanol–water partition coefficient (Wildman–Crippen LogP) is 4.33. The zero-order valence-electron chi connectivity index (χ0n) is 15.8. The second-order valence-electron chi connectivity index (χ2n) is 6.11. The molecule has 0 aromatic heterocycles. The first kappa shape index (κ1) is 22.9. The van der Waals surface area contributed by atoms with Crippen LogP contribution < -0.4 is 0 Å². The van der Waals surface area contributed by atoms with E-state index in [2.05, 4.69) is 67.8 Å². The van der Waals surface area contributed by atoms with Crippen molar-refractivity contribution >= 4 is 12.4 Å². The minimum absolute atomic E-state index is 0. The molecular weight excluding hydrogens is 318 g/mol. The van der Waals surface area contributed by atoms with Crippen LogP contribution in [0, 0.1) is 11.3 Å². The van der Waals surface area contributed by atoms with E-state index in [1.54, 1.807) is 0 Å². The third-order valence-corrected chi connectivity index (χ3v) is 5.04. The van der Waals surface area contributed by atoms with E-state index >= 15 is 0 Å². The molecule has 1 aromatic carbocycles. The fourth-order valence-electron chi connectivity index (χ4n) is 3.12. The summed E-state index contributed by atoms with van der Waals surface area (Å²) in [5, 5.41) is 10.1. The Bertz CT molecular complexity index is 446. The molecular formula is C20H34ClN3. The van der Waals surface area contributed by atoms with Crippen molar-refractivity contribution in [2.75, 3.05) is 39.3 Å². The van der Waals surface area contributed by atoms with Crippen molar-refractivity contribution in [3.63, 3.8) is 0 Å². The maximum atomic E-state index is 10.1. The standard InChI is InChI=1S/C20H33N3.ClH/c1-5-22(6-2)16-14-20(18-21,15-17-23(7-3)8-4)19-12-10-9-11-13-19;/h9-13H,5-8,14-17H2,1-4H3;1H. The van der Waals surface area contributed by atoms with Gasteiger partial charge in [-0.05, 0) is 57.7 Å². The van der Waals surface area contributed by atoms with Crippen molar-refractivity contribution in [1.29, 1.82) is 5.26 Å². The van der Waals surface area contributed by atoms with Crippen molar-refractivity contribution in [1.82, 2.24) is 9.80 Å². The molecule has 0 atom stereocenters. The molecule has 0 saturated carbocycles. The molecule has 0 bridgehead atoms. The Kier molecular flexibility index (Phi) is 11.8. The Labute approximate surface area is 155 Å². The lowest BCUT2D eigenvalue weighted by Gasteiger charge is -2.32. The van der Waals surface area contributed by atoms with Crippen LogP contribution in [-0.4, -0.2) is 49.1 Å². The van der Waals surface area contributed by atoms with Crippen molar-refractivity contribution in [3.05, 3.63) is 35.9 Å². The lowest BCUT2D eigenvalue weighted by atomic mass is 9.76. The minimum Gasteiger partial charge on any atom is -0.304 e. The molecule has 1 rings (SSSR count). The number of hydrogen-bond acceptors (Lipinski definition) is 3. The highest BCUT2D eigenvalue weighted by molar-refractivity contribution is 5.85. The predicted molar refractivity (Wildman–Crippen MR) is 106 cm³/mol. The second-order valence-corrected chi connectivity index (χ2v) is 6.11. The van der Waals surface area contributed by atoms with E-state index in [1.165, 1.54) is 5.56 Å². The van der Waals surface area contributed by atoms with Gasteiger partial charge in [-0.15, -0.1) is 12.4 Å². The molecule has 0 aliphatic heterocycles. The third-order valence-electron chi connectivity index (χ3n) is 5.04. The number of nitrogens with zero attached hydrogens (tertiary/aromatic N) is 3. The average molecular weight is 352 g/mol. The van der Waals surface area contributed by atoms with E-state index in [-0.39, 0.29) is 17.8 Å². The molecule has 0 fully saturated rings. The summed E-state index contributed by atoms with van der Waals surface area (Å²) in [7, 11) is 0. The van der Waals surface area contributed by atoms with Gasteiger partial charge in [-0.25, -0.2) is 0 Å². The quantitative estimate of drug-likeness (QED) is 0.594. The first-order valence-corrected chi connectivity index (χ1v) is 9.07. The highest BCUT2D eigenvalue weighted by atomic mass is 35.5. The van der Waals surface area contributed by atoms with Crippen LogP contribution in [0.2, 0.25) is 0 Å². The van der Waals surface area contributed by atoms with Gasteiger partial charge in [-0.3, -0.25) is 0 Å². The number of halogens is 1. The summed E-state index contributed by atoms with van der Waals surface area (Å²) in [6.07, 6.45) is 1.80. The third kappa shape index (κ3) is 6.43. The van der Waals surface area contributed by atoms with E-state index in [0.29, 0.717) is 0 Å². The topological polar surface area (TPSA) is 30.3 Å². The Balaban J connectivity index is 0.00000529. The minimum atomic E-state index is -0.382. The lowest BCUT2D eigenvalue weighted by molar-refractivity contribution is 0.242. The molecule has 0 N–H and O–H groups in total. The van der Waals surface area contributed by atoms with Crippen LogP contribution in [0.25, 0.3) is 0 Å². The average Bonchev–Trinajstić information content (AvgIpc) is 2.62. The van der Waals surface area contributed by atoms with Crippen molar-refractivity contribution in [2.45, 2.75) is 46.0 Å². The second kappa shape index (κ2) is 12.3. The summed E-state index contributed by atoms with van der Waals surface area (Å²) in [6, 6.07) is 13.1. The fourth-order valence-corrected chi connectivity index (χ4v) is 3.12. The first-order chi connectivity index (χ1) is 11.2. The molecule has 136 valence electrons. The van der Waals surface area contributed by atoms with Gasteiger partial charge in [-0.2, -0.15) is 5.26 Å². The lowest BCUT2D eigenvalue weighted by Crippen LogP contribution is -2.36. The van der Waals surface area contributed by atoms with Crippen molar-refractivity contribution in [3.8, 4) is 6.07 Å². The summed E-state index contributed by atoms with van der Waals surface area (Å²) in [4.78, 5) is 4.82. The van der Waals surface area contributed by atoms with Gasteiger partial charge in [0.1, 0.15) is 0 Å². The Morgan fingerprint density at radius 1 is 0.833 bits per heavy atom. The summed E-state index contributed by atoms with van der Waals surface area (Å²) >= 11 is 0. The van der Waals surface area contributed by atoms with E-state index in [4.69, 9.17) is 0 Å². The van der Waals surface area contributed by atoms with E-state index < -0.39 is 0 Å². The van der Waals surface area contributed by atoms with E-state index in [0.717, 1.165) is 52.1 Å². The van der Waals surface area contributed by atoms with Gasteiger partial charge in [0.25, 0.3) is 0 Å². The fraction of sp³-hybridized carbons (Fsp3) is 0.650. The number of rotatable bonds is 11. The largest absolute Gasteiger partial charge is 0.304 e. The molecule has 0 unspecified atom stereocenters.